The summed E-state index contributed by atoms with van der Waals surface area (Å²) in [5.41, 5.74) is 3.55. The first-order valence-corrected chi connectivity index (χ1v) is 8.14. The van der Waals surface area contributed by atoms with Crippen LogP contribution in [0.3, 0.4) is 0 Å². The van der Waals surface area contributed by atoms with Crippen molar-refractivity contribution in [3.8, 4) is 0 Å². The molecule has 0 saturated carbocycles. The summed E-state index contributed by atoms with van der Waals surface area (Å²) >= 11 is 0. The van der Waals surface area contributed by atoms with Gasteiger partial charge in [0, 0.05) is 38.2 Å². The third kappa shape index (κ3) is 4.73. The van der Waals surface area contributed by atoms with Crippen molar-refractivity contribution in [3.63, 3.8) is 0 Å². The van der Waals surface area contributed by atoms with E-state index in [1.807, 2.05) is 0 Å². The molecule has 1 heterocycles. The third-order valence-corrected chi connectivity index (χ3v) is 4.37. The van der Waals surface area contributed by atoms with Crippen molar-refractivity contribution < 1.29 is 23.5 Å². The summed E-state index contributed by atoms with van der Waals surface area (Å²) in [4.78, 5) is 26.5. The number of amides is 2. The molecule has 1 atom stereocenters. The summed E-state index contributed by atoms with van der Waals surface area (Å²) in [5, 5.41) is 10.7. The first-order chi connectivity index (χ1) is 11.7. The van der Waals surface area contributed by atoms with Crippen molar-refractivity contribution in [2.75, 3.05) is 26.7 Å². The molecule has 0 aliphatic carbocycles. The molecule has 1 aliphatic heterocycles. The molecule has 1 aromatic rings. The molecule has 0 spiro atoms. The number of aliphatic hydroxyl groups is 1. The Morgan fingerprint density at radius 3 is 2.84 bits per heavy atom. The van der Waals surface area contributed by atoms with E-state index in [1.54, 1.807) is 11.9 Å². The average molecular weight is 355 g/mol. The van der Waals surface area contributed by atoms with Gasteiger partial charge in [-0.3, -0.25) is 9.59 Å². The van der Waals surface area contributed by atoms with Crippen LogP contribution < -0.4 is 5.73 Å². The van der Waals surface area contributed by atoms with Crippen LogP contribution >= 0.6 is 0 Å². The van der Waals surface area contributed by atoms with Crippen LogP contribution in [-0.2, 0) is 16.1 Å². The molecular weight excluding hydrogens is 332 g/mol. The van der Waals surface area contributed by atoms with Crippen LogP contribution in [0.4, 0.5) is 8.78 Å². The molecular formula is C17H23F2N3O3. The van der Waals surface area contributed by atoms with Crippen molar-refractivity contribution in [1.82, 2.24) is 9.80 Å². The summed E-state index contributed by atoms with van der Waals surface area (Å²) in [5.74, 6) is -2.93. The van der Waals surface area contributed by atoms with E-state index in [9.17, 15) is 23.5 Å². The Balaban J connectivity index is 2.06. The highest BCUT2D eigenvalue weighted by atomic mass is 19.2. The molecule has 138 valence electrons. The lowest BCUT2D eigenvalue weighted by Crippen LogP contribution is -2.58. The number of halogens is 2. The summed E-state index contributed by atoms with van der Waals surface area (Å²) < 4.78 is 27.2. The maximum atomic E-state index is 13.8. The quantitative estimate of drug-likeness (QED) is 0.751. The zero-order valence-electron chi connectivity index (χ0n) is 14.2. The number of nitrogens with zero attached hydrogens (tertiary/aromatic N) is 2. The van der Waals surface area contributed by atoms with Gasteiger partial charge in [-0.1, -0.05) is 12.1 Å². The van der Waals surface area contributed by atoms with Gasteiger partial charge in [0.15, 0.2) is 17.2 Å². The molecule has 2 rings (SSSR count). The Bertz CT molecular complexity index is 656. The van der Waals surface area contributed by atoms with Crippen molar-refractivity contribution in [3.05, 3.63) is 35.4 Å². The van der Waals surface area contributed by atoms with Gasteiger partial charge in [-0.15, -0.1) is 0 Å². The van der Waals surface area contributed by atoms with Crippen LogP contribution in [0.5, 0.6) is 0 Å². The predicted octanol–water partition coefficient (Wildman–Crippen LogP) is 0.625. The molecule has 1 aliphatic rings. The maximum Gasteiger partial charge on any atom is 0.256 e. The molecule has 3 N–H and O–H groups in total. The highest BCUT2D eigenvalue weighted by Crippen LogP contribution is 2.26. The van der Waals surface area contributed by atoms with Gasteiger partial charge in [0.2, 0.25) is 5.91 Å². The van der Waals surface area contributed by atoms with Crippen LogP contribution in [0.25, 0.3) is 0 Å². The number of rotatable bonds is 7. The van der Waals surface area contributed by atoms with E-state index < -0.39 is 29.0 Å². The lowest BCUT2D eigenvalue weighted by atomic mass is 9.90. The largest absolute Gasteiger partial charge is 0.379 e. The van der Waals surface area contributed by atoms with E-state index in [2.05, 4.69) is 0 Å². The molecule has 1 aromatic carbocycles. The van der Waals surface area contributed by atoms with Crippen LogP contribution in [0, 0.1) is 11.6 Å². The lowest BCUT2D eigenvalue weighted by molar-refractivity contribution is -0.159. The Kier molecular flexibility index (Phi) is 6.07. The molecule has 6 nitrogen and oxygen atoms in total. The average Bonchev–Trinajstić information content (AvgIpc) is 2.54. The minimum atomic E-state index is -1.62. The van der Waals surface area contributed by atoms with Crippen LogP contribution in [0.15, 0.2) is 18.2 Å². The summed E-state index contributed by atoms with van der Waals surface area (Å²) in [6, 6.07) is 3.81. The minimum absolute atomic E-state index is 0.0429. The number of nitrogens with two attached hydrogens (primary N) is 1. The van der Waals surface area contributed by atoms with Crippen molar-refractivity contribution in [2.24, 2.45) is 5.73 Å². The maximum absolute atomic E-state index is 13.8. The Morgan fingerprint density at radius 1 is 1.44 bits per heavy atom. The fourth-order valence-electron chi connectivity index (χ4n) is 3.07. The first kappa shape index (κ1) is 19.3. The van der Waals surface area contributed by atoms with E-state index >= 15 is 0 Å². The Labute approximate surface area is 145 Å². The smallest absolute Gasteiger partial charge is 0.256 e. The van der Waals surface area contributed by atoms with Gasteiger partial charge in [-0.25, -0.2) is 8.78 Å². The van der Waals surface area contributed by atoms with Gasteiger partial charge >= 0.3 is 0 Å². The third-order valence-electron chi connectivity index (χ3n) is 4.37. The van der Waals surface area contributed by atoms with Crippen LogP contribution in [0.2, 0.25) is 0 Å². The summed E-state index contributed by atoms with van der Waals surface area (Å²) in [7, 11) is 1.68. The van der Waals surface area contributed by atoms with Gasteiger partial charge in [-0.05, 0) is 26.0 Å². The number of primary amides is 1. The zero-order valence-corrected chi connectivity index (χ0v) is 14.2. The topological polar surface area (TPSA) is 86.9 Å². The number of likely N-dealkylation sites (N-methyl/N-ethyl adjacent to an activating group) is 1. The first-order valence-electron chi connectivity index (χ1n) is 8.14. The second-order valence-corrected chi connectivity index (χ2v) is 6.53. The molecule has 1 unspecified atom stereocenters. The molecule has 25 heavy (non-hydrogen) atoms. The van der Waals surface area contributed by atoms with Crippen molar-refractivity contribution >= 4 is 11.8 Å². The molecule has 0 bridgehead atoms. The molecule has 1 fully saturated rings. The Morgan fingerprint density at radius 2 is 2.16 bits per heavy atom. The summed E-state index contributed by atoms with van der Waals surface area (Å²) in [6.45, 7) is 0.628. The predicted molar refractivity (Wildman–Crippen MR) is 87.3 cm³/mol. The highest BCUT2D eigenvalue weighted by Gasteiger charge is 2.43. The number of carbonyl (C=O) groups is 2. The monoisotopic (exact) mass is 355 g/mol. The number of hydrogen-bond donors (Lipinski definition) is 2. The molecule has 0 aromatic heterocycles. The number of hydrogen-bond acceptors (Lipinski definition) is 4. The lowest BCUT2D eigenvalue weighted by Gasteiger charge is -2.40. The number of carbonyl (C=O) groups excluding carboxylic acids is 2. The molecule has 2 amide bonds. The normalized spacial score (nSPS) is 21.0. The van der Waals surface area contributed by atoms with E-state index in [4.69, 9.17) is 5.73 Å². The molecule has 8 heteroatoms. The standard InChI is InChI=1S/C17H23F2N3O3/c1-21(9-6-14(20)23)11-17(25)7-3-8-22(16(17)24)10-12-4-2-5-13(18)15(12)19/h2,4-5,25H,3,6-11H2,1H3,(H2,20,23). The second-order valence-electron chi connectivity index (χ2n) is 6.53. The van der Waals surface area contributed by atoms with Crippen molar-refractivity contribution in [2.45, 2.75) is 31.4 Å². The van der Waals surface area contributed by atoms with E-state index in [0.29, 0.717) is 19.5 Å². The number of benzene rings is 1. The van der Waals surface area contributed by atoms with E-state index in [-0.39, 0.29) is 31.5 Å². The number of piperidine rings is 1. The van der Waals surface area contributed by atoms with Crippen LogP contribution in [0.1, 0.15) is 24.8 Å². The number of likely N-dealkylation sites (tertiary alicyclic amines) is 1. The van der Waals surface area contributed by atoms with Gasteiger partial charge < -0.3 is 20.6 Å². The van der Waals surface area contributed by atoms with Gasteiger partial charge in [0.1, 0.15) is 0 Å². The highest BCUT2D eigenvalue weighted by molar-refractivity contribution is 5.86. The van der Waals surface area contributed by atoms with Gasteiger partial charge in [-0.2, -0.15) is 0 Å². The fraction of sp³-hybridized carbons (Fsp3) is 0.529. The van der Waals surface area contributed by atoms with Crippen LogP contribution in [-0.4, -0.2) is 59.0 Å². The molecule has 0 radical (unpaired) electrons. The van der Waals surface area contributed by atoms with Crippen molar-refractivity contribution in [1.29, 1.82) is 0 Å². The zero-order chi connectivity index (χ0) is 18.6. The summed E-state index contributed by atoms with van der Waals surface area (Å²) in [6.07, 6.45) is 0.941. The minimum Gasteiger partial charge on any atom is -0.379 e. The Hall–Kier alpha value is -2.06. The van der Waals surface area contributed by atoms with Gasteiger partial charge in [0.25, 0.3) is 5.91 Å². The van der Waals surface area contributed by atoms with Gasteiger partial charge in [0.05, 0.1) is 0 Å². The van der Waals surface area contributed by atoms with E-state index in [0.717, 1.165) is 6.07 Å². The van der Waals surface area contributed by atoms with E-state index in [1.165, 1.54) is 17.0 Å². The second kappa shape index (κ2) is 7.88. The SMILES string of the molecule is CN(CCC(N)=O)CC1(O)CCCN(Cc2cccc(F)c2F)C1=O. The fourth-order valence-corrected chi connectivity index (χ4v) is 3.07. The molecule has 1 saturated heterocycles.